The summed E-state index contributed by atoms with van der Waals surface area (Å²) in [6, 6.07) is 5.61. The summed E-state index contributed by atoms with van der Waals surface area (Å²) < 4.78 is 32.8. The van der Waals surface area contributed by atoms with E-state index in [4.69, 9.17) is 4.52 Å². The van der Waals surface area contributed by atoms with Crippen LogP contribution in [0.4, 0.5) is 8.78 Å². The predicted molar refractivity (Wildman–Crippen MR) is 84.1 cm³/mol. The van der Waals surface area contributed by atoms with Crippen LogP contribution in [0.15, 0.2) is 33.4 Å². The van der Waals surface area contributed by atoms with Crippen LogP contribution >= 0.6 is 15.9 Å². The molecule has 0 fully saturated rings. The molecular formula is C15H13BrF2N4O. The molecule has 8 heteroatoms. The van der Waals surface area contributed by atoms with Gasteiger partial charge in [0.15, 0.2) is 11.6 Å². The van der Waals surface area contributed by atoms with Crippen LogP contribution in [0.2, 0.25) is 0 Å². The number of rotatable bonds is 4. The molecule has 0 saturated heterocycles. The molecule has 5 nitrogen and oxygen atoms in total. The topological polar surface area (TPSA) is 56.7 Å². The summed E-state index contributed by atoms with van der Waals surface area (Å²) in [5, 5.41) is 7.88. The highest BCUT2D eigenvalue weighted by Crippen LogP contribution is 2.28. The molecule has 3 rings (SSSR count). The number of hydrogen-bond acceptors (Lipinski definition) is 4. The summed E-state index contributed by atoms with van der Waals surface area (Å²) >= 11 is 3.45. The van der Waals surface area contributed by atoms with Crippen LogP contribution < -0.4 is 0 Å². The minimum absolute atomic E-state index is 0.243. The summed E-state index contributed by atoms with van der Waals surface area (Å²) in [5.74, 6) is 0.944. The average molecular weight is 383 g/mol. The number of halogens is 3. The van der Waals surface area contributed by atoms with Crippen LogP contribution in [0, 0.1) is 13.8 Å². The predicted octanol–water partition coefficient (Wildman–Crippen LogP) is 4.24. The van der Waals surface area contributed by atoms with Crippen molar-refractivity contribution < 1.29 is 13.3 Å². The fraction of sp³-hybridized carbons (Fsp3) is 0.267. The van der Waals surface area contributed by atoms with Crippen molar-refractivity contribution in [3.63, 3.8) is 0 Å². The molecule has 120 valence electrons. The Hall–Kier alpha value is -2.09. The summed E-state index contributed by atoms with van der Waals surface area (Å²) in [6.07, 6.45) is -1.03. The number of hydrogen-bond donors (Lipinski definition) is 0. The number of nitrogens with zero attached hydrogens (tertiary/aromatic N) is 4. The van der Waals surface area contributed by atoms with E-state index in [1.54, 1.807) is 6.92 Å². The van der Waals surface area contributed by atoms with Gasteiger partial charge in [-0.1, -0.05) is 33.2 Å². The van der Waals surface area contributed by atoms with Gasteiger partial charge in [0.1, 0.15) is 6.54 Å². The molecule has 0 bridgehead atoms. The van der Waals surface area contributed by atoms with Crippen molar-refractivity contribution in [1.82, 2.24) is 19.9 Å². The molecule has 0 spiro atoms. The van der Waals surface area contributed by atoms with Crippen molar-refractivity contribution in [3.05, 3.63) is 40.0 Å². The first-order valence-electron chi connectivity index (χ1n) is 6.87. The van der Waals surface area contributed by atoms with Gasteiger partial charge in [-0.3, -0.25) is 0 Å². The molecule has 0 N–H and O–H groups in total. The molecular weight excluding hydrogens is 370 g/mol. The van der Waals surface area contributed by atoms with Gasteiger partial charge < -0.3 is 4.52 Å². The summed E-state index contributed by atoms with van der Waals surface area (Å²) in [7, 11) is 0. The van der Waals surface area contributed by atoms with Gasteiger partial charge in [-0.15, -0.1) is 0 Å². The molecule has 0 aliphatic rings. The average Bonchev–Trinajstić information content (AvgIpc) is 3.07. The van der Waals surface area contributed by atoms with Crippen molar-refractivity contribution in [3.8, 4) is 23.0 Å². The Morgan fingerprint density at radius 1 is 1.26 bits per heavy atom. The largest absolute Gasteiger partial charge is 0.353 e. The fourth-order valence-electron chi connectivity index (χ4n) is 2.13. The lowest BCUT2D eigenvalue weighted by Gasteiger charge is -2.02. The fourth-order valence-corrected chi connectivity index (χ4v) is 2.51. The Morgan fingerprint density at radius 2 is 2.04 bits per heavy atom. The Kier molecular flexibility index (Phi) is 4.25. The standard InChI is InChI=1S/C15H13BrF2N4O/c1-8-3-4-10(5-11(8)16)14-20-15(13-9(2)6-19-23-13)22(21-14)7-12(17)18/h3-6,12H,7H2,1-2H3. The number of aromatic nitrogens is 4. The van der Waals surface area contributed by atoms with Gasteiger partial charge in [0.2, 0.25) is 5.76 Å². The zero-order valence-electron chi connectivity index (χ0n) is 12.4. The summed E-state index contributed by atoms with van der Waals surface area (Å²) in [5.41, 5.74) is 2.51. The molecule has 0 radical (unpaired) electrons. The van der Waals surface area contributed by atoms with Gasteiger partial charge in [-0.2, -0.15) is 5.10 Å². The molecule has 0 unspecified atom stereocenters. The molecule has 2 heterocycles. The van der Waals surface area contributed by atoms with Crippen LogP contribution in [-0.4, -0.2) is 26.3 Å². The van der Waals surface area contributed by atoms with Crippen molar-refractivity contribution in [2.75, 3.05) is 0 Å². The van der Waals surface area contributed by atoms with Crippen molar-refractivity contribution in [2.45, 2.75) is 26.8 Å². The highest BCUT2D eigenvalue weighted by atomic mass is 79.9. The van der Waals surface area contributed by atoms with E-state index >= 15 is 0 Å². The number of alkyl halides is 2. The Bertz CT molecular complexity index is 844. The quantitative estimate of drug-likeness (QED) is 0.676. The van der Waals surface area contributed by atoms with Crippen LogP contribution in [-0.2, 0) is 6.54 Å². The van der Waals surface area contributed by atoms with Crippen LogP contribution in [0.5, 0.6) is 0 Å². The maximum absolute atomic E-state index is 12.8. The van der Waals surface area contributed by atoms with E-state index in [-0.39, 0.29) is 5.82 Å². The molecule has 0 amide bonds. The first-order chi connectivity index (χ1) is 11.0. The van der Waals surface area contributed by atoms with Gasteiger partial charge in [0.25, 0.3) is 6.43 Å². The van der Waals surface area contributed by atoms with Gasteiger partial charge in [0, 0.05) is 15.6 Å². The van der Waals surface area contributed by atoms with Crippen molar-refractivity contribution >= 4 is 15.9 Å². The van der Waals surface area contributed by atoms with E-state index in [2.05, 4.69) is 31.2 Å². The minimum atomic E-state index is -2.55. The lowest BCUT2D eigenvalue weighted by molar-refractivity contribution is 0.122. The highest BCUT2D eigenvalue weighted by Gasteiger charge is 2.21. The Morgan fingerprint density at radius 3 is 2.65 bits per heavy atom. The van der Waals surface area contributed by atoms with Crippen molar-refractivity contribution in [1.29, 1.82) is 0 Å². The van der Waals surface area contributed by atoms with E-state index in [1.165, 1.54) is 6.20 Å². The monoisotopic (exact) mass is 382 g/mol. The van der Waals surface area contributed by atoms with Crippen molar-refractivity contribution in [2.24, 2.45) is 0 Å². The maximum atomic E-state index is 12.8. The zero-order chi connectivity index (χ0) is 16.6. The second-order valence-electron chi connectivity index (χ2n) is 5.13. The summed E-state index contributed by atoms with van der Waals surface area (Å²) in [6.45, 7) is 3.17. The van der Waals surface area contributed by atoms with Crippen LogP contribution in [0.25, 0.3) is 23.0 Å². The number of aryl methyl sites for hydroxylation is 2. The molecule has 0 aliphatic carbocycles. The molecule has 0 saturated carbocycles. The smallest absolute Gasteiger partial charge is 0.258 e. The molecule has 0 atom stereocenters. The van der Waals surface area contributed by atoms with Crippen LogP contribution in [0.1, 0.15) is 11.1 Å². The van der Waals surface area contributed by atoms with E-state index in [9.17, 15) is 8.78 Å². The van der Waals surface area contributed by atoms with Gasteiger partial charge in [-0.05, 0) is 25.5 Å². The molecule has 2 aromatic heterocycles. The first kappa shape index (κ1) is 15.8. The van der Waals surface area contributed by atoms with E-state index < -0.39 is 13.0 Å². The third-order valence-corrected chi connectivity index (χ3v) is 4.22. The van der Waals surface area contributed by atoms with Gasteiger partial charge in [-0.25, -0.2) is 18.4 Å². The van der Waals surface area contributed by atoms with Crippen LogP contribution in [0.3, 0.4) is 0 Å². The lowest BCUT2D eigenvalue weighted by Crippen LogP contribution is -2.10. The SMILES string of the molecule is Cc1ccc(-c2nc(-c3oncc3C)n(CC(F)F)n2)cc1Br. The third-order valence-electron chi connectivity index (χ3n) is 3.36. The van der Waals surface area contributed by atoms with Gasteiger partial charge >= 0.3 is 0 Å². The summed E-state index contributed by atoms with van der Waals surface area (Å²) in [4.78, 5) is 4.37. The van der Waals surface area contributed by atoms with E-state index in [1.807, 2.05) is 25.1 Å². The minimum Gasteiger partial charge on any atom is -0.353 e. The zero-order valence-corrected chi connectivity index (χ0v) is 14.0. The third kappa shape index (κ3) is 3.17. The second kappa shape index (κ2) is 6.19. The normalized spacial score (nSPS) is 11.4. The maximum Gasteiger partial charge on any atom is 0.258 e. The Labute approximate surface area is 139 Å². The van der Waals surface area contributed by atoms with E-state index in [0.717, 1.165) is 20.3 Å². The number of benzene rings is 1. The highest BCUT2D eigenvalue weighted by molar-refractivity contribution is 9.10. The first-order valence-corrected chi connectivity index (χ1v) is 7.66. The van der Waals surface area contributed by atoms with E-state index in [0.29, 0.717) is 17.1 Å². The Balaban J connectivity index is 2.10. The molecule has 1 aromatic carbocycles. The molecule has 0 aliphatic heterocycles. The lowest BCUT2D eigenvalue weighted by atomic mass is 10.1. The van der Waals surface area contributed by atoms with Gasteiger partial charge in [0.05, 0.1) is 6.20 Å². The molecule has 23 heavy (non-hydrogen) atoms. The molecule has 3 aromatic rings. The second-order valence-corrected chi connectivity index (χ2v) is 5.99.